The fourth-order valence-corrected chi connectivity index (χ4v) is 3.06. The molecule has 2 aromatic rings. The predicted molar refractivity (Wildman–Crippen MR) is 116 cm³/mol. The van der Waals surface area contributed by atoms with Crippen LogP contribution in [0.2, 0.25) is 5.02 Å². The van der Waals surface area contributed by atoms with E-state index in [-0.39, 0.29) is 18.4 Å². The number of hydrogen-bond acceptors (Lipinski definition) is 3. The zero-order valence-corrected chi connectivity index (χ0v) is 18.0. The summed E-state index contributed by atoms with van der Waals surface area (Å²) in [5.74, 6) is 0.182. The monoisotopic (exact) mass is 416 g/mol. The largest absolute Gasteiger partial charge is 0.484 e. The van der Waals surface area contributed by atoms with Gasteiger partial charge in [-0.05, 0) is 49.6 Å². The van der Waals surface area contributed by atoms with Crippen molar-refractivity contribution in [3.63, 3.8) is 0 Å². The Morgan fingerprint density at radius 3 is 2.31 bits per heavy atom. The smallest absolute Gasteiger partial charge is 0.261 e. The first-order valence-electron chi connectivity index (χ1n) is 9.95. The van der Waals surface area contributed by atoms with Gasteiger partial charge in [0.1, 0.15) is 11.8 Å². The first kappa shape index (κ1) is 22.8. The average molecular weight is 417 g/mol. The molecule has 0 aromatic heterocycles. The molecular weight excluding hydrogens is 388 g/mol. The SMILES string of the molecule is CCCNC(=O)C(CC)N(Cc1ccc(C)cc1)C(=O)COc1ccc(Cl)cc1. The summed E-state index contributed by atoms with van der Waals surface area (Å²) in [6.45, 7) is 6.71. The molecule has 2 rings (SSSR count). The molecule has 0 bridgehead atoms. The lowest BCUT2D eigenvalue weighted by molar-refractivity contribution is -0.143. The molecule has 1 N–H and O–H groups in total. The summed E-state index contributed by atoms with van der Waals surface area (Å²) < 4.78 is 5.63. The Hall–Kier alpha value is -2.53. The third-order valence-corrected chi connectivity index (χ3v) is 4.84. The molecule has 0 saturated heterocycles. The fourth-order valence-electron chi connectivity index (χ4n) is 2.93. The minimum atomic E-state index is -0.552. The molecule has 0 aliphatic heterocycles. The molecule has 0 aliphatic carbocycles. The van der Waals surface area contributed by atoms with E-state index in [4.69, 9.17) is 16.3 Å². The van der Waals surface area contributed by atoms with Gasteiger partial charge < -0.3 is 15.0 Å². The van der Waals surface area contributed by atoms with Crippen LogP contribution >= 0.6 is 11.6 Å². The normalized spacial score (nSPS) is 11.6. The first-order chi connectivity index (χ1) is 13.9. The second kappa shape index (κ2) is 11.5. The van der Waals surface area contributed by atoms with E-state index in [1.807, 2.05) is 45.0 Å². The first-order valence-corrected chi connectivity index (χ1v) is 10.3. The van der Waals surface area contributed by atoms with Crippen molar-refractivity contribution in [3.05, 3.63) is 64.7 Å². The third-order valence-electron chi connectivity index (χ3n) is 4.58. The second-order valence-corrected chi connectivity index (χ2v) is 7.40. The molecule has 2 amide bonds. The minimum Gasteiger partial charge on any atom is -0.484 e. The molecule has 1 atom stereocenters. The van der Waals surface area contributed by atoms with Crippen molar-refractivity contribution in [2.24, 2.45) is 0 Å². The summed E-state index contributed by atoms with van der Waals surface area (Å²) >= 11 is 5.89. The second-order valence-electron chi connectivity index (χ2n) is 6.96. The number of carbonyl (C=O) groups excluding carboxylic acids is 2. The number of nitrogens with zero attached hydrogens (tertiary/aromatic N) is 1. The number of nitrogens with one attached hydrogen (secondary N) is 1. The molecule has 0 fully saturated rings. The van der Waals surface area contributed by atoms with E-state index in [1.54, 1.807) is 29.2 Å². The van der Waals surface area contributed by atoms with E-state index in [2.05, 4.69) is 5.32 Å². The van der Waals surface area contributed by atoms with Crippen LogP contribution in [0.25, 0.3) is 0 Å². The Morgan fingerprint density at radius 2 is 1.72 bits per heavy atom. The maximum atomic E-state index is 13.0. The summed E-state index contributed by atoms with van der Waals surface area (Å²) in [5, 5.41) is 3.51. The van der Waals surface area contributed by atoms with Crippen molar-refractivity contribution in [2.45, 2.75) is 46.2 Å². The maximum Gasteiger partial charge on any atom is 0.261 e. The molecule has 1 unspecified atom stereocenters. The van der Waals surface area contributed by atoms with Gasteiger partial charge in [0.2, 0.25) is 5.91 Å². The lowest BCUT2D eigenvalue weighted by Crippen LogP contribution is -2.50. The Balaban J connectivity index is 2.16. The molecule has 0 aliphatic rings. The van der Waals surface area contributed by atoms with E-state index in [0.717, 1.165) is 17.5 Å². The van der Waals surface area contributed by atoms with Crippen LogP contribution in [0.15, 0.2) is 48.5 Å². The summed E-state index contributed by atoms with van der Waals surface area (Å²) in [4.78, 5) is 27.3. The minimum absolute atomic E-state index is 0.138. The van der Waals surface area contributed by atoms with Crippen molar-refractivity contribution >= 4 is 23.4 Å². The summed E-state index contributed by atoms with van der Waals surface area (Å²) in [6, 6.07) is 14.2. The fraction of sp³-hybridized carbons (Fsp3) is 0.391. The molecule has 0 spiro atoms. The molecule has 0 heterocycles. The van der Waals surface area contributed by atoms with Crippen molar-refractivity contribution in [1.29, 1.82) is 0 Å². The van der Waals surface area contributed by atoms with Crippen molar-refractivity contribution in [3.8, 4) is 5.75 Å². The average Bonchev–Trinajstić information content (AvgIpc) is 2.72. The number of amides is 2. The number of benzene rings is 2. The van der Waals surface area contributed by atoms with Gasteiger partial charge in [0, 0.05) is 18.1 Å². The highest BCUT2D eigenvalue weighted by Gasteiger charge is 2.28. The number of ether oxygens (including phenoxy) is 1. The standard InChI is InChI=1S/C23H29ClN2O3/c1-4-14-25-23(28)21(5-2)26(15-18-8-6-17(3)7-9-18)22(27)16-29-20-12-10-19(24)11-13-20/h6-13,21H,4-5,14-16H2,1-3H3,(H,25,28). The number of rotatable bonds is 10. The van der Waals surface area contributed by atoms with Crippen LogP contribution in [-0.2, 0) is 16.1 Å². The van der Waals surface area contributed by atoms with Crippen LogP contribution in [-0.4, -0.2) is 35.9 Å². The van der Waals surface area contributed by atoms with E-state index >= 15 is 0 Å². The van der Waals surface area contributed by atoms with Crippen LogP contribution in [0.4, 0.5) is 0 Å². The zero-order valence-electron chi connectivity index (χ0n) is 17.3. The van der Waals surface area contributed by atoms with Gasteiger partial charge >= 0.3 is 0 Å². The van der Waals surface area contributed by atoms with E-state index in [9.17, 15) is 9.59 Å². The van der Waals surface area contributed by atoms with E-state index in [1.165, 1.54) is 0 Å². The number of aryl methyl sites for hydroxylation is 1. The molecule has 156 valence electrons. The molecule has 5 nitrogen and oxygen atoms in total. The Morgan fingerprint density at radius 1 is 1.07 bits per heavy atom. The Labute approximate surface area is 178 Å². The molecule has 29 heavy (non-hydrogen) atoms. The lowest BCUT2D eigenvalue weighted by atomic mass is 10.1. The highest BCUT2D eigenvalue weighted by atomic mass is 35.5. The van der Waals surface area contributed by atoms with Gasteiger partial charge in [0.25, 0.3) is 5.91 Å². The molecule has 0 radical (unpaired) electrons. The number of halogens is 1. The van der Waals surface area contributed by atoms with Crippen molar-refractivity contribution in [1.82, 2.24) is 10.2 Å². The van der Waals surface area contributed by atoms with Crippen LogP contribution in [0.3, 0.4) is 0 Å². The quantitative estimate of drug-likeness (QED) is 0.626. The summed E-state index contributed by atoms with van der Waals surface area (Å²) in [5.41, 5.74) is 2.11. The van der Waals surface area contributed by atoms with Gasteiger partial charge in [-0.1, -0.05) is 55.3 Å². The number of hydrogen-bond donors (Lipinski definition) is 1. The Kier molecular flexibility index (Phi) is 9.00. The topological polar surface area (TPSA) is 58.6 Å². The number of carbonyl (C=O) groups is 2. The van der Waals surface area contributed by atoms with Gasteiger partial charge in [-0.15, -0.1) is 0 Å². The van der Waals surface area contributed by atoms with Crippen molar-refractivity contribution < 1.29 is 14.3 Å². The molecular formula is C23H29ClN2O3. The van der Waals surface area contributed by atoms with Crippen LogP contribution in [0.5, 0.6) is 5.75 Å². The molecule has 2 aromatic carbocycles. The zero-order chi connectivity index (χ0) is 21.2. The van der Waals surface area contributed by atoms with Crippen LogP contribution in [0.1, 0.15) is 37.8 Å². The lowest BCUT2D eigenvalue weighted by Gasteiger charge is -2.30. The van der Waals surface area contributed by atoms with Crippen LogP contribution < -0.4 is 10.1 Å². The Bertz CT molecular complexity index is 791. The highest BCUT2D eigenvalue weighted by molar-refractivity contribution is 6.30. The van der Waals surface area contributed by atoms with Gasteiger partial charge in [-0.25, -0.2) is 0 Å². The summed E-state index contributed by atoms with van der Waals surface area (Å²) in [7, 11) is 0. The molecule has 6 heteroatoms. The predicted octanol–water partition coefficient (Wildman–Crippen LogP) is 4.36. The van der Waals surface area contributed by atoms with E-state index in [0.29, 0.717) is 30.3 Å². The van der Waals surface area contributed by atoms with Gasteiger partial charge in [0.05, 0.1) is 0 Å². The highest BCUT2D eigenvalue weighted by Crippen LogP contribution is 2.17. The van der Waals surface area contributed by atoms with Crippen molar-refractivity contribution in [2.75, 3.05) is 13.2 Å². The van der Waals surface area contributed by atoms with Crippen LogP contribution in [0, 0.1) is 6.92 Å². The summed E-state index contributed by atoms with van der Waals surface area (Å²) in [6.07, 6.45) is 1.36. The van der Waals surface area contributed by atoms with E-state index < -0.39 is 6.04 Å². The third kappa shape index (κ3) is 7.09. The van der Waals surface area contributed by atoms with Gasteiger partial charge in [-0.3, -0.25) is 9.59 Å². The maximum absolute atomic E-state index is 13.0. The van der Waals surface area contributed by atoms with Gasteiger partial charge in [0.15, 0.2) is 6.61 Å². The molecule has 0 saturated carbocycles. The van der Waals surface area contributed by atoms with Gasteiger partial charge in [-0.2, -0.15) is 0 Å².